The molecule has 1 heterocycles. The van der Waals surface area contributed by atoms with E-state index in [-0.39, 0.29) is 17.7 Å². The van der Waals surface area contributed by atoms with Crippen molar-refractivity contribution in [1.82, 2.24) is 10.2 Å². The maximum absolute atomic E-state index is 12.0. The molecule has 2 fully saturated rings. The summed E-state index contributed by atoms with van der Waals surface area (Å²) < 4.78 is 0. The van der Waals surface area contributed by atoms with E-state index in [1.165, 1.54) is 19.3 Å². The number of piperidine rings is 1. The number of carbonyl (C=O) groups excluding carboxylic acids is 2. The van der Waals surface area contributed by atoms with Crippen molar-refractivity contribution in [2.24, 2.45) is 11.8 Å². The molecule has 1 saturated carbocycles. The second-order valence-electron chi connectivity index (χ2n) is 5.35. The molecule has 0 aromatic carbocycles. The second-order valence-corrected chi connectivity index (χ2v) is 5.35. The molecule has 2 amide bonds. The van der Waals surface area contributed by atoms with Crippen LogP contribution in [0.3, 0.4) is 0 Å². The van der Waals surface area contributed by atoms with E-state index in [0.717, 1.165) is 25.9 Å². The van der Waals surface area contributed by atoms with Gasteiger partial charge in [-0.1, -0.05) is 6.42 Å². The van der Waals surface area contributed by atoms with Gasteiger partial charge in [0, 0.05) is 26.6 Å². The predicted molar refractivity (Wildman–Crippen MR) is 65.3 cm³/mol. The molecular weight excluding hydrogens is 216 g/mol. The van der Waals surface area contributed by atoms with Crippen LogP contribution in [0.2, 0.25) is 0 Å². The molecule has 2 rings (SSSR count). The molecule has 2 aliphatic rings. The number of amides is 2. The lowest BCUT2D eigenvalue weighted by molar-refractivity contribution is -0.134. The van der Waals surface area contributed by atoms with E-state index in [1.54, 1.807) is 11.8 Å². The maximum atomic E-state index is 12.0. The number of carbonyl (C=O) groups is 2. The third-order valence-electron chi connectivity index (χ3n) is 4.03. The van der Waals surface area contributed by atoms with Gasteiger partial charge in [-0.15, -0.1) is 0 Å². The molecule has 0 aromatic rings. The van der Waals surface area contributed by atoms with Gasteiger partial charge in [0.2, 0.25) is 11.8 Å². The lowest BCUT2D eigenvalue weighted by atomic mass is 9.85. The summed E-state index contributed by atoms with van der Waals surface area (Å²) in [6.45, 7) is 3.82. The first kappa shape index (κ1) is 12.4. The summed E-state index contributed by atoms with van der Waals surface area (Å²) in [4.78, 5) is 25.0. The van der Waals surface area contributed by atoms with Gasteiger partial charge in [-0.25, -0.2) is 0 Å². The molecule has 0 spiro atoms. The van der Waals surface area contributed by atoms with Gasteiger partial charge >= 0.3 is 0 Å². The van der Waals surface area contributed by atoms with Gasteiger partial charge in [0.1, 0.15) is 0 Å². The number of nitrogens with zero attached hydrogens (tertiary/aromatic N) is 1. The fraction of sp³-hybridized carbons (Fsp3) is 0.846. The molecule has 4 heteroatoms. The van der Waals surface area contributed by atoms with Crippen LogP contribution in [0, 0.1) is 11.8 Å². The van der Waals surface area contributed by atoms with E-state index >= 15 is 0 Å². The third-order valence-corrected chi connectivity index (χ3v) is 4.03. The highest BCUT2D eigenvalue weighted by Gasteiger charge is 2.27. The number of hydrogen-bond donors (Lipinski definition) is 1. The Morgan fingerprint density at radius 3 is 2.59 bits per heavy atom. The van der Waals surface area contributed by atoms with Gasteiger partial charge in [0.05, 0.1) is 5.92 Å². The van der Waals surface area contributed by atoms with E-state index in [0.29, 0.717) is 12.5 Å². The Labute approximate surface area is 103 Å². The number of hydrogen-bond acceptors (Lipinski definition) is 2. The second kappa shape index (κ2) is 5.52. The van der Waals surface area contributed by atoms with Crippen LogP contribution < -0.4 is 5.32 Å². The molecule has 1 aliphatic carbocycles. The van der Waals surface area contributed by atoms with Gasteiger partial charge in [-0.05, 0) is 31.6 Å². The van der Waals surface area contributed by atoms with Crippen molar-refractivity contribution >= 4 is 11.8 Å². The van der Waals surface area contributed by atoms with E-state index in [1.807, 2.05) is 0 Å². The maximum Gasteiger partial charge on any atom is 0.224 e. The summed E-state index contributed by atoms with van der Waals surface area (Å²) in [5.74, 6) is 0.934. The van der Waals surface area contributed by atoms with Crippen molar-refractivity contribution in [1.29, 1.82) is 0 Å². The van der Waals surface area contributed by atoms with Crippen molar-refractivity contribution in [2.75, 3.05) is 19.6 Å². The Balaban J connectivity index is 1.75. The molecule has 0 radical (unpaired) electrons. The minimum absolute atomic E-state index is 0.00715. The highest BCUT2D eigenvalue weighted by atomic mass is 16.2. The Hall–Kier alpha value is -1.06. The number of likely N-dealkylation sites (tertiary alicyclic amines) is 1. The molecule has 1 N–H and O–H groups in total. The van der Waals surface area contributed by atoms with Crippen LogP contribution in [-0.2, 0) is 9.59 Å². The Morgan fingerprint density at radius 1 is 1.24 bits per heavy atom. The number of nitrogens with one attached hydrogen (secondary N) is 1. The predicted octanol–water partition coefficient (Wildman–Crippen LogP) is 1.16. The standard InChI is InChI=1S/C13H22N2O2/c1-10(16)15-7-3-6-12(9-15)13(17)14-8-11-4-2-5-11/h11-12H,2-9H2,1H3,(H,14,17). The quantitative estimate of drug-likeness (QED) is 0.802. The van der Waals surface area contributed by atoms with Crippen LogP contribution in [0.15, 0.2) is 0 Å². The van der Waals surface area contributed by atoms with Gasteiger partial charge in [-0.2, -0.15) is 0 Å². The molecule has 4 nitrogen and oxygen atoms in total. The lowest BCUT2D eigenvalue weighted by Gasteiger charge is -2.32. The van der Waals surface area contributed by atoms with E-state index in [4.69, 9.17) is 0 Å². The zero-order valence-corrected chi connectivity index (χ0v) is 10.6. The molecular formula is C13H22N2O2. The summed E-state index contributed by atoms with van der Waals surface area (Å²) in [7, 11) is 0. The van der Waals surface area contributed by atoms with Gasteiger partial charge < -0.3 is 10.2 Å². The Kier molecular flexibility index (Phi) is 4.02. The Bertz CT molecular complexity index is 300. The van der Waals surface area contributed by atoms with Crippen LogP contribution in [0.4, 0.5) is 0 Å². The minimum Gasteiger partial charge on any atom is -0.356 e. The van der Waals surface area contributed by atoms with Gasteiger partial charge in [0.15, 0.2) is 0 Å². The van der Waals surface area contributed by atoms with Crippen molar-refractivity contribution in [3.05, 3.63) is 0 Å². The Morgan fingerprint density at radius 2 is 2.00 bits per heavy atom. The van der Waals surface area contributed by atoms with Crippen LogP contribution in [0.25, 0.3) is 0 Å². The van der Waals surface area contributed by atoms with Crippen LogP contribution in [0.1, 0.15) is 39.0 Å². The van der Waals surface area contributed by atoms with Crippen LogP contribution in [-0.4, -0.2) is 36.3 Å². The van der Waals surface area contributed by atoms with Crippen molar-refractivity contribution < 1.29 is 9.59 Å². The van der Waals surface area contributed by atoms with E-state index in [9.17, 15) is 9.59 Å². The highest BCUT2D eigenvalue weighted by molar-refractivity contribution is 5.80. The molecule has 17 heavy (non-hydrogen) atoms. The average molecular weight is 238 g/mol. The molecule has 1 saturated heterocycles. The van der Waals surface area contributed by atoms with Crippen molar-refractivity contribution in [3.8, 4) is 0 Å². The smallest absolute Gasteiger partial charge is 0.224 e. The summed E-state index contributed by atoms with van der Waals surface area (Å²) >= 11 is 0. The molecule has 0 bridgehead atoms. The first-order valence-electron chi connectivity index (χ1n) is 6.70. The van der Waals surface area contributed by atoms with E-state index < -0.39 is 0 Å². The average Bonchev–Trinajstić information content (AvgIpc) is 2.27. The van der Waals surface area contributed by atoms with Crippen LogP contribution >= 0.6 is 0 Å². The summed E-state index contributed by atoms with van der Waals surface area (Å²) in [5.41, 5.74) is 0. The molecule has 1 unspecified atom stereocenters. The summed E-state index contributed by atoms with van der Waals surface area (Å²) in [6.07, 6.45) is 5.68. The minimum atomic E-state index is 0.00715. The lowest BCUT2D eigenvalue weighted by Crippen LogP contribution is -2.45. The SMILES string of the molecule is CC(=O)N1CCCC(C(=O)NCC2CCC2)C1. The fourth-order valence-corrected chi connectivity index (χ4v) is 2.56. The third kappa shape index (κ3) is 3.20. The molecule has 0 aromatic heterocycles. The normalized spacial score (nSPS) is 25.2. The first-order chi connectivity index (χ1) is 8.16. The van der Waals surface area contributed by atoms with E-state index in [2.05, 4.69) is 5.32 Å². The van der Waals surface area contributed by atoms with Crippen molar-refractivity contribution in [3.63, 3.8) is 0 Å². The van der Waals surface area contributed by atoms with Gasteiger partial charge in [0.25, 0.3) is 0 Å². The molecule has 96 valence electrons. The summed E-state index contributed by atoms with van der Waals surface area (Å²) in [5, 5.41) is 3.04. The largest absolute Gasteiger partial charge is 0.356 e. The fourth-order valence-electron chi connectivity index (χ4n) is 2.56. The first-order valence-corrected chi connectivity index (χ1v) is 6.70. The zero-order chi connectivity index (χ0) is 12.3. The molecule has 1 atom stereocenters. The van der Waals surface area contributed by atoms with Gasteiger partial charge in [-0.3, -0.25) is 9.59 Å². The highest BCUT2D eigenvalue weighted by Crippen LogP contribution is 2.25. The monoisotopic (exact) mass is 238 g/mol. The van der Waals surface area contributed by atoms with Crippen molar-refractivity contribution in [2.45, 2.75) is 39.0 Å². The topological polar surface area (TPSA) is 49.4 Å². The number of rotatable bonds is 3. The van der Waals surface area contributed by atoms with Crippen LogP contribution in [0.5, 0.6) is 0 Å². The summed E-state index contributed by atoms with van der Waals surface area (Å²) in [6, 6.07) is 0. The molecule has 1 aliphatic heterocycles. The zero-order valence-electron chi connectivity index (χ0n) is 10.6.